The number of amides is 2. The monoisotopic (exact) mass is 247 g/mol. The van der Waals surface area contributed by atoms with Gasteiger partial charge >= 0.3 is 6.03 Å². The fourth-order valence-electron chi connectivity index (χ4n) is 1.16. The van der Waals surface area contributed by atoms with Crippen molar-refractivity contribution in [1.29, 1.82) is 0 Å². The minimum atomic E-state index is 0.0412. The standard InChI is InChI=1S/C8H14BrN3O/c1-7(9)6-10-2-4-12-5-3-11-8(12)13/h10H,1-6H2,(H,11,13). The lowest BCUT2D eigenvalue weighted by Crippen LogP contribution is -2.34. The van der Waals surface area contributed by atoms with Crippen molar-refractivity contribution in [2.24, 2.45) is 0 Å². The highest BCUT2D eigenvalue weighted by molar-refractivity contribution is 9.11. The summed E-state index contributed by atoms with van der Waals surface area (Å²) >= 11 is 3.25. The van der Waals surface area contributed by atoms with Gasteiger partial charge in [0.15, 0.2) is 0 Å². The zero-order valence-corrected chi connectivity index (χ0v) is 9.06. The van der Waals surface area contributed by atoms with Gasteiger partial charge in [-0.3, -0.25) is 0 Å². The molecule has 1 saturated heterocycles. The quantitative estimate of drug-likeness (QED) is 0.696. The zero-order chi connectivity index (χ0) is 9.68. The Morgan fingerprint density at radius 2 is 2.54 bits per heavy atom. The molecule has 13 heavy (non-hydrogen) atoms. The number of nitrogens with zero attached hydrogens (tertiary/aromatic N) is 1. The van der Waals surface area contributed by atoms with Crippen molar-refractivity contribution in [2.45, 2.75) is 0 Å². The number of carbonyl (C=O) groups excluding carboxylic acids is 1. The minimum absolute atomic E-state index is 0.0412. The summed E-state index contributed by atoms with van der Waals surface area (Å²) in [6.45, 7) is 7.59. The highest BCUT2D eigenvalue weighted by Gasteiger charge is 2.17. The van der Waals surface area contributed by atoms with Gasteiger partial charge in [0.25, 0.3) is 0 Å². The number of hydrogen-bond donors (Lipinski definition) is 2. The lowest BCUT2D eigenvalue weighted by Gasteiger charge is -2.13. The minimum Gasteiger partial charge on any atom is -0.336 e. The molecule has 4 nitrogen and oxygen atoms in total. The molecule has 0 bridgehead atoms. The van der Waals surface area contributed by atoms with Crippen LogP contribution in [0.15, 0.2) is 11.1 Å². The third-order valence-corrected chi connectivity index (χ3v) is 2.10. The van der Waals surface area contributed by atoms with Gasteiger partial charge in [-0.2, -0.15) is 0 Å². The van der Waals surface area contributed by atoms with Crippen molar-refractivity contribution in [3.63, 3.8) is 0 Å². The highest BCUT2D eigenvalue weighted by atomic mass is 79.9. The molecular weight excluding hydrogens is 234 g/mol. The van der Waals surface area contributed by atoms with Gasteiger partial charge in [0, 0.05) is 37.2 Å². The molecule has 1 aliphatic rings. The van der Waals surface area contributed by atoms with E-state index in [1.165, 1.54) is 0 Å². The van der Waals surface area contributed by atoms with Crippen molar-refractivity contribution in [3.8, 4) is 0 Å². The van der Waals surface area contributed by atoms with Crippen LogP contribution in [0.25, 0.3) is 0 Å². The maximum Gasteiger partial charge on any atom is 0.317 e. The summed E-state index contributed by atoms with van der Waals surface area (Å²) in [6, 6.07) is 0.0412. The highest BCUT2D eigenvalue weighted by Crippen LogP contribution is 1.97. The van der Waals surface area contributed by atoms with Crippen molar-refractivity contribution in [2.75, 3.05) is 32.7 Å². The maximum absolute atomic E-state index is 11.1. The number of rotatable bonds is 5. The Kier molecular flexibility index (Phi) is 4.24. The average molecular weight is 248 g/mol. The number of halogens is 1. The van der Waals surface area contributed by atoms with Crippen LogP contribution in [0, 0.1) is 0 Å². The van der Waals surface area contributed by atoms with E-state index < -0.39 is 0 Å². The summed E-state index contributed by atoms with van der Waals surface area (Å²) in [5.74, 6) is 0. The molecule has 2 amide bonds. The van der Waals surface area contributed by atoms with Crippen LogP contribution in [0.2, 0.25) is 0 Å². The lowest BCUT2D eigenvalue weighted by molar-refractivity contribution is 0.217. The third-order valence-electron chi connectivity index (χ3n) is 1.82. The molecule has 0 aromatic rings. The van der Waals surface area contributed by atoms with Gasteiger partial charge in [-0.05, 0) is 0 Å². The fraction of sp³-hybridized carbons (Fsp3) is 0.625. The van der Waals surface area contributed by atoms with Crippen LogP contribution in [0.5, 0.6) is 0 Å². The van der Waals surface area contributed by atoms with Crippen LogP contribution in [-0.2, 0) is 0 Å². The van der Waals surface area contributed by atoms with Gasteiger partial charge in [-0.15, -0.1) is 0 Å². The van der Waals surface area contributed by atoms with Gasteiger partial charge in [0.05, 0.1) is 0 Å². The van der Waals surface area contributed by atoms with E-state index in [4.69, 9.17) is 0 Å². The summed E-state index contributed by atoms with van der Waals surface area (Å²) in [7, 11) is 0. The van der Waals surface area contributed by atoms with E-state index in [1.54, 1.807) is 4.90 Å². The summed E-state index contributed by atoms with van der Waals surface area (Å²) in [6.07, 6.45) is 0. The second kappa shape index (κ2) is 5.24. The fourth-order valence-corrected chi connectivity index (χ4v) is 1.36. The van der Waals surface area contributed by atoms with Crippen LogP contribution in [0.4, 0.5) is 4.79 Å². The molecule has 1 aliphatic heterocycles. The molecule has 1 fully saturated rings. The first-order valence-corrected chi connectivity index (χ1v) is 5.06. The molecule has 0 spiro atoms. The van der Waals surface area contributed by atoms with Gasteiger partial charge in [-0.25, -0.2) is 4.79 Å². The normalized spacial score (nSPS) is 16.1. The van der Waals surface area contributed by atoms with E-state index in [0.29, 0.717) is 0 Å². The zero-order valence-electron chi connectivity index (χ0n) is 7.48. The Balaban J connectivity index is 2.05. The lowest BCUT2D eigenvalue weighted by atomic mass is 10.5. The van der Waals surface area contributed by atoms with E-state index in [9.17, 15) is 4.79 Å². The Hall–Kier alpha value is -0.550. The summed E-state index contributed by atoms with van der Waals surface area (Å²) < 4.78 is 0.929. The van der Waals surface area contributed by atoms with Gasteiger partial charge < -0.3 is 15.5 Å². The van der Waals surface area contributed by atoms with Crippen LogP contribution in [0.3, 0.4) is 0 Å². The van der Waals surface area contributed by atoms with Gasteiger partial charge in [0.1, 0.15) is 0 Å². The Labute approximate surface area is 86.5 Å². The van der Waals surface area contributed by atoms with E-state index >= 15 is 0 Å². The molecule has 1 rings (SSSR count). The Bertz CT molecular complexity index is 208. The molecular formula is C8H14BrN3O. The average Bonchev–Trinajstić information content (AvgIpc) is 2.45. The predicted molar refractivity (Wildman–Crippen MR) is 55.9 cm³/mol. The molecule has 74 valence electrons. The molecule has 2 N–H and O–H groups in total. The second-order valence-electron chi connectivity index (χ2n) is 2.91. The molecule has 0 aliphatic carbocycles. The Morgan fingerprint density at radius 1 is 1.77 bits per heavy atom. The second-order valence-corrected chi connectivity index (χ2v) is 4.03. The van der Waals surface area contributed by atoms with Crippen molar-refractivity contribution >= 4 is 22.0 Å². The van der Waals surface area contributed by atoms with E-state index in [2.05, 4.69) is 33.1 Å². The summed E-state index contributed by atoms with van der Waals surface area (Å²) in [4.78, 5) is 12.9. The first-order valence-electron chi connectivity index (χ1n) is 4.27. The van der Waals surface area contributed by atoms with Crippen LogP contribution >= 0.6 is 15.9 Å². The number of carbonyl (C=O) groups is 1. The van der Waals surface area contributed by atoms with Crippen LogP contribution in [0.1, 0.15) is 0 Å². The molecule has 5 heteroatoms. The first kappa shape index (κ1) is 10.5. The topological polar surface area (TPSA) is 44.4 Å². The van der Waals surface area contributed by atoms with Crippen molar-refractivity contribution in [3.05, 3.63) is 11.1 Å². The molecule has 0 aromatic carbocycles. The summed E-state index contributed by atoms with van der Waals surface area (Å²) in [5.41, 5.74) is 0. The van der Waals surface area contributed by atoms with E-state index in [0.717, 1.165) is 37.2 Å². The Morgan fingerprint density at radius 3 is 3.08 bits per heavy atom. The molecule has 0 aromatic heterocycles. The first-order chi connectivity index (χ1) is 6.20. The van der Waals surface area contributed by atoms with E-state index in [1.807, 2.05) is 0 Å². The molecule has 0 unspecified atom stereocenters. The number of hydrogen-bond acceptors (Lipinski definition) is 2. The maximum atomic E-state index is 11.1. The van der Waals surface area contributed by atoms with Crippen molar-refractivity contribution < 1.29 is 4.79 Å². The molecule has 0 radical (unpaired) electrons. The largest absolute Gasteiger partial charge is 0.336 e. The predicted octanol–water partition coefficient (Wildman–Crippen LogP) is 0.510. The molecule has 1 heterocycles. The number of urea groups is 1. The smallest absolute Gasteiger partial charge is 0.317 e. The van der Waals surface area contributed by atoms with Gasteiger partial charge in [0.2, 0.25) is 0 Å². The van der Waals surface area contributed by atoms with Gasteiger partial charge in [-0.1, -0.05) is 22.5 Å². The van der Waals surface area contributed by atoms with E-state index in [-0.39, 0.29) is 6.03 Å². The molecule has 0 saturated carbocycles. The number of nitrogens with one attached hydrogen (secondary N) is 2. The third kappa shape index (κ3) is 3.78. The SMILES string of the molecule is C=C(Br)CNCCN1CCNC1=O. The summed E-state index contributed by atoms with van der Waals surface area (Å²) in [5, 5.41) is 5.92. The van der Waals surface area contributed by atoms with Crippen LogP contribution in [-0.4, -0.2) is 43.7 Å². The van der Waals surface area contributed by atoms with Crippen LogP contribution < -0.4 is 10.6 Å². The van der Waals surface area contributed by atoms with Crippen molar-refractivity contribution in [1.82, 2.24) is 15.5 Å². The molecule has 0 atom stereocenters.